The lowest BCUT2D eigenvalue weighted by atomic mass is 10.1. The average molecular weight is 317 g/mol. The number of aryl methyl sites for hydroxylation is 1. The maximum atomic E-state index is 13.4. The SMILES string of the molecule is COc1ccccc1-c1nc(-c2ccc(F)c(F)c2)c(C)s1. The summed E-state index contributed by atoms with van der Waals surface area (Å²) in [5.74, 6) is -1.00. The molecule has 2 aromatic carbocycles. The fourth-order valence-corrected chi connectivity index (χ4v) is 3.21. The van der Waals surface area contributed by atoms with Crippen LogP contribution in [0.1, 0.15) is 4.88 Å². The first-order valence-electron chi connectivity index (χ1n) is 6.66. The third-order valence-corrected chi connectivity index (χ3v) is 4.33. The highest BCUT2D eigenvalue weighted by Crippen LogP contribution is 2.37. The molecule has 3 aromatic rings. The van der Waals surface area contributed by atoms with Crippen molar-refractivity contribution < 1.29 is 13.5 Å². The smallest absolute Gasteiger partial charge is 0.159 e. The number of ether oxygens (including phenoxy) is 1. The summed E-state index contributed by atoms with van der Waals surface area (Å²) in [5.41, 5.74) is 2.10. The predicted octanol–water partition coefficient (Wildman–Crippen LogP) is 5.07. The van der Waals surface area contributed by atoms with Gasteiger partial charge in [0.25, 0.3) is 0 Å². The molecule has 112 valence electrons. The van der Waals surface area contributed by atoms with E-state index in [-0.39, 0.29) is 0 Å². The van der Waals surface area contributed by atoms with Crippen molar-refractivity contribution in [2.24, 2.45) is 0 Å². The molecule has 0 aliphatic heterocycles. The summed E-state index contributed by atoms with van der Waals surface area (Å²) in [6.45, 7) is 1.91. The van der Waals surface area contributed by atoms with Gasteiger partial charge in [0, 0.05) is 10.4 Å². The first-order chi connectivity index (χ1) is 10.6. The Morgan fingerprint density at radius 1 is 1.05 bits per heavy atom. The lowest BCUT2D eigenvalue weighted by molar-refractivity contribution is 0.416. The maximum absolute atomic E-state index is 13.4. The third kappa shape index (κ3) is 2.60. The van der Waals surface area contributed by atoms with Crippen LogP contribution in [-0.4, -0.2) is 12.1 Å². The van der Waals surface area contributed by atoms with Gasteiger partial charge >= 0.3 is 0 Å². The van der Waals surface area contributed by atoms with Gasteiger partial charge in [-0.15, -0.1) is 11.3 Å². The highest BCUT2D eigenvalue weighted by Gasteiger charge is 2.15. The van der Waals surface area contributed by atoms with Crippen LogP contribution in [0.15, 0.2) is 42.5 Å². The molecule has 5 heteroatoms. The molecule has 0 spiro atoms. The monoisotopic (exact) mass is 317 g/mol. The Hall–Kier alpha value is -2.27. The van der Waals surface area contributed by atoms with Gasteiger partial charge in [-0.3, -0.25) is 0 Å². The molecule has 2 nitrogen and oxygen atoms in total. The molecule has 0 aliphatic carbocycles. The van der Waals surface area contributed by atoms with Crippen LogP contribution in [0.5, 0.6) is 5.75 Å². The van der Waals surface area contributed by atoms with Crippen molar-refractivity contribution in [3.63, 3.8) is 0 Å². The Morgan fingerprint density at radius 2 is 1.82 bits per heavy atom. The molecule has 0 atom stereocenters. The van der Waals surface area contributed by atoms with Crippen LogP contribution in [0.25, 0.3) is 21.8 Å². The van der Waals surface area contributed by atoms with Gasteiger partial charge in [-0.05, 0) is 37.3 Å². The van der Waals surface area contributed by atoms with Crippen LogP contribution in [0.4, 0.5) is 8.78 Å². The Bertz CT molecular complexity index is 829. The molecule has 1 aromatic heterocycles. The first-order valence-corrected chi connectivity index (χ1v) is 7.48. The topological polar surface area (TPSA) is 22.1 Å². The van der Waals surface area contributed by atoms with E-state index >= 15 is 0 Å². The van der Waals surface area contributed by atoms with Gasteiger partial charge in [-0.2, -0.15) is 0 Å². The number of benzene rings is 2. The molecular formula is C17H13F2NOS. The Morgan fingerprint density at radius 3 is 2.55 bits per heavy atom. The number of rotatable bonds is 3. The van der Waals surface area contributed by atoms with Crippen molar-refractivity contribution >= 4 is 11.3 Å². The molecule has 0 bridgehead atoms. The van der Waals surface area contributed by atoms with Crippen molar-refractivity contribution in [2.75, 3.05) is 7.11 Å². The minimum Gasteiger partial charge on any atom is -0.496 e. The number of hydrogen-bond donors (Lipinski definition) is 0. The van der Waals surface area contributed by atoms with Crippen LogP contribution < -0.4 is 4.74 Å². The van der Waals surface area contributed by atoms with Crippen LogP contribution >= 0.6 is 11.3 Å². The fourth-order valence-electron chi connectivity index (χ4n) is 2.24. The largest absolute Gasteiger partial charge is 0.496 e. The van der Waals surface area contributed by atoms with E-state index in [2.05, 4.69) is 4.98 Å². The molecule has 22 heavy (non-hydrogen) atoms. The van der Waals surface area contributed by atoms with Crippen molar-refractivity contribution in [1.29, 1.82) is 0 Å². The molecule has 3 rings (SSSR count). The molecule has 0 amide bonds. The van der Waals surface area contributed by atoms with Crippen LogP contribution in [0.2, 0.25) is 0 Å². The molecule has 0 aliphatic rings. The van der Waals surface area contributed by atoms with Gasteiger partial charge < -0.3 is 4.74 Å². The van der Waals surface area contributed by atoms with E-state index in [1.54, 1.807) is 7.11 Å². The summed E-state index contributed by atoms with van der Waals surface area (Å²) in [7, 11) is 1.61. The molecule has 0 unspecified atom stereocenters. The molecule has 0 saturated heterocycles. The third-order valence-electron chi connectivity index (χ3n) is 3.33. The number of halogens is 2. The number of aromatic nitrogens is 1. The number of methoxy groups -OCH3 is 1. The zero-order chi connectivity index (χ0) is 15.7. The maximum Gasteiger partial charge on any atom is 0.159 e. The summed E-state index contributed by atoms with van der Waals surface area (Å²) in [6, 6.07) is 11.4. The summed E-state index contributed by atoms with van der Waals surface area (Å²) in [4.78, 5) is 5.52. The van der Waals surface area contributed by atoms with Crippen molar-refractivity contribution in [3.8, 4) is 27.6 Å². The second-order valence-electron chi connectivity index (χ2n) is 4.75. The van der Waals surface area contributed by atoms with Gasteiger partial charge in [0.1, 0.15) is 10.8 Å². The summed E-state index contributed by atoms with van der Waals surface area (Å²) in [5, 5.41) is 0.787. The van der Waals surface area contributed by atoms with E-state index in [1.807, 2.05) is 31.2 Å². The summed E-state index contributed by atoms with van der Waals surface area (Å²) >= 11 is 1.49. The lowest BCUT2D eigenvalue weighted by Gasteiger charge is -2.04. The quantitative estimate of drug-likeness (QED) is 0.672. The fraction of sp³-hybridized carbons (Fsp3) is 0.118. The second kappa shape index (κ2) is 5.85. The van der Waals surface area contributed by atoms with E-state index in [0.29, 0.717) is 11.3 Å². The van der Waals surface area contributed by atoms with Crippen LogP contribution in [-0.2, 0) is 0 Å². The van der Waals surface area contributed by atoms with Crippen LogP contribution in [0.3, 0.4) is 0 Å². The molecule has 0 N–H and O–H groups in total. The molecule has 0 fully saturated rings. The predicted molar refractivity (Wildman–Crippen MR) is 84.2 cm³/mol. The summed E-state index contributed by atoms with van der Waals surface area (Å²) in [6.07, 6.45) is 0. The highest BCUT2D eigenvalue weighted by atomic mass is 32.1. The summed E-state index contributed by atoms with van der Waals surface area (Å²) < 4.78 is 31.8. The van der Waals surface area contributed by atoms with E-state index in [0.717, 1.165) is 27.3 Å². The molecule has 1 heterocycles. The van der Waals surface area contributed by atoms with E-state index in [9.17, 15) is 8.78 Å². The second-order valence-corrected chi connectivity index (χ2v) is 5.96. The van der Waals surface area contributed by atoms with Gasteiger partial charge in [0.2, 0.25) is 0 Å². The Kier molecular flexibility index (Phi) is 3.90. The number of nitrogens with zero attached hydrogens (tertiary/aromatic N) is 1. The number of hydrogen-bond acceptors (Lipinski definition) is 3. The molecule has 0 saturated carbocycles. The van der Waals surface area contributed by atoms with Gasteiger partial charge in [-0.25, -0.2) is 13.8 Å². The molecule has 0 radical (unpaired) electrons. The first kappa shape index (κ1) is 14.7. The van der Waals surface area contributed by atoms with Crippen molar-refractivity contribution in [2.45, 2.75) is 6.92 Å². The van der Waals surface area contributed by atoms with Gasteiger partial charge in [-0.1, -0.05) is 12.1 Å². The number of thiazole rings is 1. The van der Waals surface area contributed by atoms with Crippen LogP contribution in [0, 0.1) is 18.6 Å². The minimum absolute atomic E-state index is 0.564. The lowest BCUT2D eigenvalue weighted by Crippen LogP contribution is -1.88. The highest BCUT2D eigenvalue weighted by molar-refractivity contribution is 7.15. The van der Waals surface area contributed by atoms with Gasteiger partial charge in [0.05, 0.1) is 18.4 Å². The molecular weight excluding hydrogens is 304 g/mol. The zero-order valence-corrected chi connectivity index (χ0v) is 12.9. The Balaban J connectivity index is 2.09. The van der Waals surface area contributed by atoms with E-state index in [1.165, 1.54) is 23.5 Å². The van der Waals surface area contributed by atoms with Crippen molar-refractivity contribution in [1.82, 2.24) is 4.98 Å². The van der Waals surface area contributed by atoms with E-state index in [4.69, 9.17) is 4.74 Å². The minimum atomic E-state index is -0.872. The van der Waals surface area contributed by atoms with Gasteiger partial charge in [0.15, 0.2) is 11.6 Å². The normalized spacial score (nSPS) is 10.7. The average Bonchev–Trinajstić information content (AvgIpc) is 2.92. The zero-order valence-electron chi connectivity index (χ0n) is 12.1. The number of para-hydroxylation sites is 1. The van der Waals surface area contributed by atoms with Crippen molar-refractivity contribution in [3.05, 3.63) is 59.0 Å². The standard InChI is InChI=1S/C17H13F2NOS/c1-10-16(11-7-8-13(18)14(19)9-11)20-17(22-10)12-5-3-4-6-15(12)21-2/h3-9H,1-2H3. The Labute approximate surface area is 131 Å². The van der Waals surface area contributed by atoms with E-state index < -0.39 is 11.6 Å².